The van der Waals surface area contributed by atoms with E-state index >= 15 is 0 Å². The number of anilines is 1. The van der Waals surface area contributed by atoms with E-state index in [1.54, 1.807) is 16.9 Å². The molecule has 0 aliphatic carbocycles. The smallest absolute Gasteiger partial charge is 0.303 e. The van der Waals surface area contributed by atoms with Crippen LogP contribution in [0.5, 0.6) is 0 Å². The van der Waals surface area contributed by atoms with Gasteiger partial charge in [-0.05, 0) is 18.4 Å². The molecule has 1 unspecified atom stereocenters. The molecule has 1 saturated heterocycles. The van der Waals surface area contributed by atoms with Crippen molar-refractivity contribution >= 4 is 17.3 Å². The number of nitrogens with zero attached hydrogens (tertiary/aromatic N) is 4. The van der Waals surface area contributed by atoms with Crippen LogP contribution in [0, 0.1) is 5.92 Å². The Hall–Kier alpha value is -2.11. The molecular formula is C12H14N4O2. The number of carboxylic acid groups (broad SMARTS) is 1. The molecule has 1 aliphatic rings. The summed E-state index contributed by atoms with van der Waals surface area (Å²) in [5.74, 6) is 0.382. The number of fused-ring (bicyclic) bond motifs is 1. The zero-order chi connectivity index (χ0) is 12.5. The number of rotatable bonds is 3. The molecule has 6 heteroatoms. The molecule has 94 valence electrons. The summed E-state index contributed by atoms with van der Waals surface area (Å²) in [6.45, 7) is 1.61. The Bertz CT molecular complexity index is 580. The molecule has 2 aromatic rings. The molecule has 1 N–H and O–H groups in total. The van der Waals surface area contributed by atoms with Crippen LogP contribution in [0.25, 0.3) is 5.52 Å². The first-order valence-electron chi connectivity index (χ1n) is 5.99. The van der Waals surface area contributed by atoms with Gasteiger partial charge in [-0.1, -0.05) is 0 Å². The number of carbonyl (C=O) groups is 1. The molecule has 1 aliphatic heterocycles. The minimum absolute atomic E-state index is 0.215. The van der Waals surface area contributed by atoms with Gasteiger partial charge in [-0.3, -0.25) is 4.79 Å². The lowest BCUT2D eigenvalue weighted by Crippen LogP contribution is -2.22. The third-order valence-corrected chi connectivity index (χ3v) is 3.35. The third kappa shape index (κ3) is 1.90. The van der Waals surface area contributed by atoms with Gasteiger partial charge in [-0.15, -0.1) is 0 Å². The van der Waals surface area contributed by atoms with Gasteiger partial charge >= 0.3 is 5.97 Å². The van der Waals surface area contributed by atoms with Gasteiger partial charge in [0.15, 0.2) is 5.82 Å². The normalized spacial score (nSPS) is 19.6. The van der Waals surface area contributed by atoms with E-state index in [-0.39, 0.29) is 12.3 Å². The molecule has 0 saturated carbocycles. The summed E-state index contributed by atoms with van der Waals surface area (Å²) < 4.78 is 1.78. The zero-order valence-electron chi connectivity index (χ0n) is 9.86. The highest BCUT2D eigenvalue weighted by Crippen LogP contribution is 2.26. The van der Waals surface area contributed by atoms with Crippen molar-refractivity contribution in [1.82, 2.24) is 14.6 Å². The van der Waals surface area contributed by atoms with Crippen molar-refractivity contribution in [2.75, 3.05) is 18.0 Å². The predicted octanol–water partition coefficient (Wildman–Crippen LogP) is 1.03. The van der Waals surface area contributed by atoms with Crippen LogP contribution in [-0.4, -0.2) is 38.8 Å². The van der Waals surface area contributed by atoms with Crippen LogP contribution in [-0.2, 0) is 4.79 Å². The first-order valence-corrected chi connectivity index (χ1v) is 5.99. The fourth-order valence-corrected chi connectivity index (χ4v) is 2.53. The van der Waals surface area contributed by atoms with Crippen molar-refractivity contribution in [3.8, 4) is 0 Å². The monoisotopic (exact) mass is 246 g/mol. The van der Waals surface area contributed by atoms with Gasteiger partial charge < -0.3 is 10.0 Å². The van der Waals surface area contributed by atoms with Gasteiger partial charge in [0.05, 0.1) is 6.20 Å². The first-order chi connectivity index (χ1) is 8.74. The Kier molecular flexibility index (Phi) is 2.62. The quantitative estimate of drug-likeness (QED) is 0.875. The van der Waals surface area contributed by atoms with E-state index in [2.05, 4.69) is 15.0 Å². The molecule has 3 heterocycles. The lowest BCUT2D eigenvalue weighted by molar-refractivity contribution is -0.137. The Morgan fingerprint density at radius 1 is 1.50 bits per heavy atom. The number of aliphatic carboxylic acids is 1. The third-order valence-electron chi connectivity index (χ3n) is 3.35. The zero-order valence-corrected chi connectivity index (χ0v) is 9.86. The molecule has 18 heavy (non-hydrogen) atoms. The fraction of sp³-hybridized carbons (Fsp3) is 0.417. The summed E-state index contributed by atoms with van der Waals surface area (Å²) in [5.41, 5.74) is 0.966. The molecule has 0 radical (unpaired) electrons. The molecule has 0 aromatic carbocycles. The maximum Gasteiger partial charge on any atom is 0.303 e. The number of hydrogen-bond acceptors (Lipinski definition) is 4. The molecule has 1 atom stereocenters. The summed E-state index contributed by atoms with van der Waals surface area (Å²) in [6.07, 6.45) is 6.41. The van der Waals surface area contributed by atoms with Crippen molar-refractivity contribution in [3.05, 3.63) is 24.7 Å². The van der Waals surface area contributed by atoms with E-state index in [4.69, 9.17) is 5.11 Å². The van der Waals surface area contributed by atoms with Crippen molar-refractivity contribution in [1.29, 1.82) is 0 Å². The molecule has 0 bridgehead atoms. The molecule has 0 spiro atoms. The van der Waals surface area contributed by atoms with Crippen LogP contribution in [0.2, 0.25) is 0 Å². The van der Waals surface area contributed by atoms with E-state index in [0.29, 0.717) is 0 Å². The van der Waals surface area contributed by atoms with Gasteiger partial charge in [-0.2, -0.15) is 5.10 Å². The maximum atomic E-state index is 10.7. The second-order valence-electron chi connectivity index (χ2n) is 4.61. The molecular weight excluding hydrogens is 232 g/mol. The SMILES string of the molecule is O=C(O)CC1CCN(c2nccn3nccc23)C1. The summed E-state index contributed by atoms with van der Waals surface area (Å²) >= 11 is 0. The van der Waals surface area contributed by atoms with Crippen LogP contribution in [0.4, 0.5) is 5.82 Å². The summed E-state index contributed by atoms with van der Waals surface area (Å²) in [7, 11) is 0. The molecule has 6 nitrogen and oxygen atoms in total. The highest BCUT2D eigenvalue weighted by atomic mass is 16.4. The Labute approximate surface area is 104 Å². The van der Waals surface area contributed by atoms with E-state index in [1.807, 2.05) is 12.3 Å². The minimum atomic E-state index is -0.725. The van der Waals surface area contributed by atoms with Crippen LogP contribution in [0.1, 0.15) is 12.8 Å². The van der Waals surface area contributed by atoms with Gasteiger partial charge in [-0.25, -0.2) is 9.50 Å². The van der Waals surface area contributed by atoms with Crippen molar-refractivity contribution in [2.45, 2.75) is 12.8 Å². The van der Waals surface area contributed by atoms with Gasteiger partial charge in [0.1, 0.15) is 5.52 Å². The highest BCUT2D eigenvalue weighted by molar-refractivity contribution is 5.70. The standard InChI is InChI=1S/C12H14N4O2/c17-11(18)7-9-2-5-15(8-9)12-10-1-3-14-16(10)6-4-13-12/h1,3-4,6,9H,2,5,7-8H2,(H,17,18). The van der Waals surface area contributed by atoms with Crippen LogP contribution < -0.4 is 4.90 Å². The van der Waals surface area contributed by atoms with Crippen LogP contribution in [0.3, 0.4) is 0 Å². The topological polar surface area (TPSA) is 70.7 Å². The summed E-state index contributed by atoms with van der Waals surface area (Å²) in [5, 5.41) is 13.0. The van der Waals surface area contributed by atoms with Gasteiger partial charge in [0, 0.05) is 31.9 Å². The van der Waals surface area contributed by atoms with Crippen LogP contribution >= 0.6 is 0 Å². The number of aromatic nitrogens is 3. The molecule has 1 fully saturated rings. The van der Waals surface area contributed by atoms with Gasteiger partial charge in [0.25, 0.3) is 0 Å². The van der Waals surface area contributed by atoms with Gasteiger partial charge in [0.2, 0.25) is 0 Å². The lowest BCUT2D eigenvalue weighted by atomic mass is 10.1. The van der Waals surface area contributed by atoms with Crippen molar-refractivity contribution in [3.63, 3.8) is 0 Å². The molecule has 3 rings (SSSR count). The second kappa shape index (κ2) is 4.29. The second-order valence-corrected chi connectivity index (χ2v) is 4.61. The number of hydrogen-bond donors (Lipinski definition) is 1. The maximum absolute atomic E-state index is 10.7. The Morgan fingerprint density at radius 2 is 2.39 bits per heavy atom. The summed E-state index contributed by atoms with van der Waals surface area (Å²) in [6, 6.07) is 1.92. The van der Waals surface area contributed by atoms with E-state index < -0.39 is 5.97 Å². The Balaban J connectivity index is 1.84. The number of carboxylic acids is 1. The van der Waals surface area contributed by atoms with Crippen molar-refractivity contribution in [2.24, 2.45) is 5.92 Å². The minimum Gasteiger partial charge on any atom is -0.481 e. The lowest BCUT2D eigenvalue weighted by Gasteiger charge is -2.17. The fourth-order valence-electron chi connectivity index (χ4n) is 2.53. The molecule has 2 aromatic heterocycles. The largest absolute Gasteiger partial charge is 0.481 e. The van der Waals surface area contributed by atoms with E-state index in [9.17, 15) is 4.79 Å². The average molecular weight is 246 g/mol. The molecule has 0 amide bonds. The Morgan fingerprint density at radius 3 is 3.22 bits per heavy atom. The van der Waals surface area contributed by atoms with Crippen LogP contribution in [0.15, 0.2) is 24.7 Å². The summed E-state index contributed by atoms with van der Waals surface area (Å²) in [4.78, 5) is 17.3. The predicted molar refractivity (Wildman–Crippen MR) is 65.6 cm³/mol. The van der Waals surface area contributed by atoms with E-state index in [0.717, 1.165) is 30.8 Å². The highest BCUT2D eigenvalue weighted by Gasteiger charge is 2.26. The van der Waals surface area contributed by atoms with Crippen molar-refractivity contribution < 1.29 is 9.90 Å². The average Bonchev–Trinajstić information content (AvgIpc) is 2.95. The first kappa shape index (κ1) is 11.0. The van der Waals surface area contributed by atoms with E-state index in [1.165, 1.54) is 0 Å².